The Balaban J connectivity index is 2.65. The minimum absolute atomic E-state index is 0.00116. The predicted octanol–water partition coefficient (Wildman–Crippen LogP) is -1.12. The van der Waals surface area contributed by atoms with Gasteiger partial charge in [-0.25, -0.2) is 8.42 Å². The molecule has 0 aromatic heterocycles. The Hall–Kier alpha value is -0.580. The van der Waals surface area contributed by atoms with E-state index in [0.29, 0.717) is 0 Å². The number of nitrogens with one attached hydrogen (secondary N) is 1. The summed E-state index contributed by atoms with van der Waals surface area (Å²) in [5.41, 5.74) is 0. The fraction of sp³-hybridized carbons (Fsp3) is 0.750. The van der Waals surface area contributed by atoms with Gasteiger partial charge in [-0.2, -0.15) is 0 Å². The third-order valence-corrected chi connectivity index (χ3v) is 2.54. The Labute approximate surface area is 53.2 Å². The van der Waals surface area contributed by atoms with Crippen molar-refractivity contribution in [1.29, 1.82) is 0 Å². The van der Waals surface area contributed by atoms with Crippen molar-refractivity contribution in [3.8, 4) is 0 Å². The average molecular weight is 149 g/mol. The summed E-state index contributed by atoms with van der Waals surface area (Å²) in [7, 11) is -2.95. The summed E-state index contributed by atoms with van der Waals surface area (Å²) in [4.78, 5) is 10.4. The van der Waals surface area contributed by atoms with Gasteiger partial charge in [0.25, 0.3) is 0 Å². The highest BCUT2D eigenvalue weighted by Crippen LogP contribution is 1.97. The van der Waals surface area contributed by atoms with Gasteiger partial charge in [0, 0.05) is 6.42 Å². The molecule has 1 amide bonds. The van der Waals surface area contributed by atoms with Gasteiger partial charge in [0.15, 0.2) is 9.84 Å². The zero-order valence-corrected chi connectivity index (χ0v) is 5.57. The topological polar surface area (TPSA) is 63.2 Å². The first-order chi connectivity index (χ1) is 4.10. The molecule has 1 aliphatic rings. The fourth-order valence-corrected chi connectivity index (χ4v) is 1.62. The molecule has 0 bridgehead atoms. The van der Waals surface area contributed by atoms with Crippen LogP contribution in [0.4, 0.5) is 0 Å². The monoisotopic (exact) mass is 149 g/mol. The lowest BCUT2D eigenvalue weighted by atomic mass is 10.5. The van der Waals surface area contributed by atoms with Crippen molar-refractivity contribution in [2.75, 3.05) is 11.6 Å². The molecule has 0 aliphatic carbocycles. The molecule has 4 nitrogen and oxygen atoms in total. The second-order valence-corrected chi connectivity index (χ2v) is 4.13. The third-order valence-electron chi connectivity index (χ3n) is 1.13. The van der Waals surface area contributed by atoms with Gasteiger partial charge < -0.3 is 5.32 Å². The van der Waals surface area contributed by atoms with Crippen LogP contribution in [0.3, 0.4) is 0 Å². The molecule has 1 saturated heterocycles. The first kappa shape index (κ1) is 6.54. The maximum absolute atomic E-state index is 10.6. The van der Waals surface area contributed by atoms with Crippen molar-refractivity contribution in [1.82, 2.24) is 5.32 Å². The number of amides is 1. The summed E-state index contributed by atoms with van der Waals surface area (Å²) >= 11 is 0. The van der Waals surface area contributed by atoms with E-state index in [2.05, 4.69) is 5.32 Å². The maximum atomic E-state index is 10.6. The van der Waals surface area contributed by atoms with E-state index in [1.807, 2.05) is 0 Å². The number of rotatable bonds is 0. The van der Waals surface area contributed by atoms with Crippen molar-refractivity contribution in [3.63, 3.8) is 0 Å². The molecule has 0 saturated carbocycles. The Kier molecular flexibility index (Phi) is 1.44. The summed E-state index contributed by atoms with van der Waals surface area (Å²) in [6, 6.07) is 0. The molecule has 0 aromatic carbocycles. The Morgan fingerprint density at radius 2 is 2.11 bits per heavy atom. The van der Waals surface area contributed by atoms with Crippen molar-refractivity contribution in [3.05, 3.63) is 0 Å². The molecule has 9 heavy (non-hydrogen) atoms. The molecule has 5 heteroatoms. The summed E-state index contributed by atoms with van der Waals surface area (Å²) in [5, 5.41) is 2.25. The van der Waals surface area contributed by atoms with Crippen molar-refractivity contribution >= 4 is 15.7 Å². The highest BCUT2D eigenvalue weighted by atomic mass is 32.2. The molecule has 52 valence electrons. The summed E-state index contributed by atoms with van der Waals surface area (Å²) in [5.74, 6) is -0.366. The van der Waals surface area contributed by atoms with E-state index in [1.54, 1.807) is 0 Å². The third kappa shape index (κ3) is 1.67. The highest BCUT2D eigenvalue weighted by molar-refractivity contribution is 7.91. The Bertz CT molecular complexity index is 202. The first-order valence-electron chi connectivity index (χ1n) is 2.57. The van der Waals surface area contributed by atoms with Gasteiger partial charge in [0.2, 0.25) is 5.91 Å². The van der Waals surface area contributed by atoms with Gasteiger partial charge >= 0.3 is 0 Å². The predicted molar refractivity (Wildman–Crippen MR) is 31.4 cm³/mol. The van der Waals surface area contributed by atoms with E-state index in [-0.39, 0.29) is 24.0 Å². The zero-order chi connectivity index (χ0) is 6.91. The van der Waals surface area contributed by atoms with Crippen LogP contribution in [0.2, 0.25) is 0 Å². The first-order valence-corrected chi connectivity index (χ1v) is 4.39. The molecular weight excluding hydrogens is 142 g/mol. The second-order valence-electron chi connectivity index (χ2n) is 1.94. The highest BCUT2D eigenvalue weighted by Gasteiger charge is 2.19. The van der Waals surface area contributed by atoms with Crippen LogP contribution in [-0.4, -0.2) is 26.0 Å². The van der Waals surface area contributed by atoms with E-state index in [4.69, 9.17) is 0 Å². The van der Waals surface area contributed by atoms with Gasteiger partial charge in [-0.15, -0.1) is 0 Å². The Morgan fingerprint density at radius 1 is 1.44 bits per heavy atom. The minimum atomic E-state index is -2.95. The molecule has 1 aliphatic heterocycles. The molecular formula is C4H7NO3S. The largest absolute Gasteiger partial charge is 0.342 e. The molecule has 0 radical (unpaired) electrons. The van der Waals surface area contributed by atoms with Crippen molar-refractivity contribution < 1.29 is 13.2 Å². The fourth-order valence-electron chi connectivity index (χ4n) is 0.599. The molecule has 1 rings (SSSR count). The molecule has 0 spiro atoms. The number of carbonyl (C=O) groups is 1. The summed E-state index contributed by atoms with van der Waals surface area (Å²) in [6.07, 6.45) is 0.113. The van der Waals surface area contributed by atoms with Gasteiger partial charge in [0.05, 0.1) is 5.75 Å². The van der Waals surface area contributed by atoms with Crippen LogP contribution in [0.5, 0.6) is 0 Å². The average Bonchev–Trinajstić information content (AvgIpc) is 1.78. The van der Waals surface area contributed by atoms with Gasteiger partial charge in [0.1, 0.15) is 5.88 Å². The maximum Gasteiger partial charge on any atom is 0.221 e. The lowest BCUT2D eigenvalue weighted by Crippen LogP contribution is -2.37. The molecule has 1 fully saturated rings. The SMILES string of the molecule is O=C1CCS(=O)(=O)CN1. The van der Waals surface area contributed by atoms with Gasteiger partial charge in [-0.3, -0.25) is 4.79 Å². The normalized spacial score (nSPS) is 25.1. The van der Waals surface area contributed by atoms with E-state index >= 15 is 0 Å². The number of sulfone groups is 1. The van der Waals surface area contributed by atoms with E-state index in [9.17, 15) is 13.2 Å². The smallest absolute Gasteiger partial charge is 0.221 e. The minimum Gasteiger partial charge on any atom is -0.342 e. The Morgan fingerprint density at radius 3 is 2.44 bits per heavy atom. The van der Waals surface area contributed by atoms with Crippen LogP contribution in [0.15, 0.2) is 0 Å². The van der Waals surface area contributed by atoms with Crippen LogP contribution in [-0.2, 0) is 14.6 Å². The lowest BCUT2D eigenvalue weighted by Gasteiger charge is -2.10. The van der Waals surface area contributed by atoms with Crippen LogP contribution in [0, 0.1) is 0 Å². The van der Waals surface area contributed by atoms with Crippen LogP contribution < -0.4 is 5.32 Å². The summed E-state index contributed by atoms with van der Waals surface area (Å²) in [6.45, 7) is 0. The van der Waals surface area contributed by atoms with Crippen molar-refractivity contribution in [2.24, 2.45) is 0 Å². The molecule has 0 aromatic rings. The van der Waals surface area contributed by atoms with E-state index in [1.165, 1.54) is 0 Å². The number of carbonyl (C=O) groups excluding carboxylic acids is 1. The van der Waals surface area contributed by atoms with Crippen LogP contribution in [0.1, 0.15) is 6.42 Å². The van der Waals surface area contributed by atoms with Crippen LogP contribution in [0.25, 0.3) is 0 Å². The zero-order valence-electron chi connectivity index (χ0n) is 4.75. The molecule has 1 N–H and O–H groups in total. The number of hydrogen-bond donors (Lipinski definition) is 1. The van der Waals surface area contributed by atoms with Crippen LogP contribution >= 0.6 is 0 Å². The van der Waals surface area contributed by atoms with E-state index in [0.717, 1.165) is 0 Å². The van der Waals surface area contributed by atoms with Crippen molar-refractivity contribution in [2.45, 2.75) is 6.42 Å². The van der Waals surface area contributed by atoms with Gasteiger partial charge in [-0.1, -0.05) is 0 Å². The van der Waals surface area contributed by atoms with Gasteiger partial charge in [-0.05, 0) is 0 Å². The van der Waals surface area contributed by atoms with E-state index < -0.39 is 9.84 Å². The molecule has 0 atom stereocenters. The summed E-state index contributed by atoms with van der Waals surface area (Å²) < 4.78 is 21.2. The quantitative estimate of drug-likeness (QED) is 0.474. The second kappa shape index (κ2) is 1.98. The standard InChI is InChI=1S/C4H7NO3S/c6-4-1-2-9(7,8)3-5-4/h1-3H2,(H,5,6). The number of hydrogen-bond acceptors (Lipinski definition) is 3. The molecule has 1 heterocycles. The molecule has 0 unspecified atom stereocenters. The lowest BCUT2D eigenvalue weighted by molar-refractivity contribution is -0.120.